The SMILES string of the molecule is CCNC(c1cccs1)c1c(F)cccc1Br. The van der Waals surface area contributed by atoms with Gasteiger partial charge in [0.2, 0.25) is 0 Å². The Labute approximate surface area is 113 Å². The first-order chi connectivity index (χ1) is 8.24. The Bertz CT molecular complexity index is 464. The molecule has 0 spiro atoms. The first kappa shape index (κ1) is 12.7. The van der Waals surface area contributed by atoms with Gasteiger partial charge in [-0.1, -0.05) is 35.0 Å². The van der Waals surface area contributed by atoms with Crippen LogP contribution in [0, 0.1) is 5.82 Å². The molecule has 1 aromatic carbocycles. The highest BCUT2D eigenvalue weighted by Gasteiger charge is 2.20. The van der Waals surface area contributed by atoms with E-state index in [1.165, 1.54) is 6.07 Å². The Morgan fingerprint density at radius 3 is 2.76 bits per heavy atom. The fourth-order valence-electron chi connectivity index (χ4n) is 1.79. The van der Waals surface area contributed by atoms with Crippen LogP contribution in [0.15, 0.2) is 40.2 Å². The van der Waals surface area contributed by atoms with Crippen LogP contribution in [0.1, 0.15) is 23.4 Å². The number of hydrogen-bond donors (Lipinski definition) is 1. The summed E-state index contributed by atoms with van der Waals surface area (Å²) in [5.74, 6) is -0.182. The van der Waals surface area contributed by atoms with E-state index in [-0.39, 0.29) is 11.9 Å². The van der Waals surface area contributed by atoms with E-state index in [1.807, 2.05) is 30.5 Å². The number of hydrogen-bond acceptors (Lipinski definition) is 2. The summed E-state index contributed by atoms with van der Waals surface area (Å²) in [6.07, 6.45) is 0. The van der Waals surface area contributed by atoms with Crippen LogP contribution >= 0.6 is 27.3 Å². The highest BCUT2D eigenvalue weighted by atomic mass is 79.9. The van der Waals surface area contributed by atoms with E-state index in [1.54, 1.807) is 17.4 Å². The standard InChI is InChI=1S/C13H13BrFNS/c1-2-16-13(11-7-4-8-17-11)12-9(14)5-3-6-10(12)15/h3-8,13,16H,2H2,1H3. The number of benzene rings is 1. The average molecular weight is 314 g/mol. The Morgan fingerprint density at radius 2 is 2.18 bits per heavy atom. The van der Waals surface area contributed by atoms with Crippen molar-refractivity contribution >= 4 is 27.3 Å². The minimum absolute atomic E-state index is 0.0874. The van der Waals surface area contributed by atoms with Gasteiger partial charge in [-0.05, 0) is 30.1 Å². The molecule has 17 heavy (non-hydrogen) atoms. The zero-order valence-corrected chi connectivity index (χ0v) is 11.8. The predicted octanol–water partition coefficient (Wildman–Crippen LogP) is 4.35. The van der Waals surface area contributed by atoms with E-state index < -0.39 is 0 Å². The summed E-state index contributed by atoms with van der Waals surface area (Å²) in [4.78, 5) is 1.12. The summed E-state index contributed by atoms with van der Waals surface area (Å²) in [6, 6.07) is 9.00. The number of thiophene rings is 1. The van der Waals surface area contributed by atoms with Gasteiger partial charge in [0.1, 0.15) is 5.82 Å². The van der Waals surface area contributed by atoms with Crippen LogP contribution in [0.2, 0.25) is 0 Å². The topological polar surface area (TPSA) is 12.0 Å². The molecule has 2 rings (SSSR count). The molecule has 0 fully saturated rings. The normalized spacial score (nSPS) is 12.6. The molecule has 1 nitrogen and oxygen atoms in total. The molecule has 4 heteroatoms. The van der Waals surface area contributed by atoms with Crippen molar-refractivity contribution in [2.24, 2.45) is 0 Å². The predicted molar refractivity (Wildman–Crippen MR) is 73.9 cm³/mol. The summed E-state index contributed by atoms with van der Waals surface area (Å²) in [6.45, 7) is 2.82. The third-order valence-corrected chi connectivity index (χ3v) is 4.15. The lowest BCUT2D eigenvalue weighted by Gasteiger charge is -2.19. The van der Waals surface area contributed by atoms with E-state index in [0.29, 0.717) is 5.56 Å². The highest BCUT2D eigenvalue weighted by molar-refractivity contribution is 9.10. The summed E-state index contributed by atoms with van der Waals surface area (Å²) >= 11 is 5.06. The third kappa shape index (κ3) is 2.76. The lowest BCUT2D eigenvalue weighted by Crippen LogP contribution is -2.22. The van der Waals surface area contributed by atoms with Gasteiger partial charge in [0, 0.05) is 14.9 Å². The van der Waals surface area contributed by atoms with E-state index in [9.17, 15) is 4.39 Å². The van der Waals surface area contributed by atoms with Gasteiger partial charge in [0.25, 0.3) is 0 Å². The Morgan fingerprint density at radius 1 is 1.35 bits per heavy atom. The second kappa shape index (κ2) is 5.76. The smallest absolute Gasteiger partial charge is 0.129 e. The fraction of sp³-hybridized carbons (Fsp3) is 0.231. The second-order valence-electron chi connectivity index (χ2n) is 3.64. The van der Waals surface area contributed by atoms with Crippen molar-refractivity contribution in [3.63, 3.8) is 0 Å². The quantitative estimate of drug-likeness (QED) is 0.885. The first-order valence-electron chi connectivity index (χ1n) is 5.44. The molecule has 0 bridgehead atoms. The Balaban J connectivity index is 2.46. The maximum Gasteiger partial charge on any atom is 0.129 e. The maximum absolute atomic E-state index is 14.0. The second-order valence-corrected chi connectivity index (χ2v) is 5.48. The van der Waals surface area contributed by atoms with Crippen molar-refractivity contribution in [3.05, 3.63) is 56.4 Å². The molecule has 0 amide bonds. The van der Waals surface area contributed by atoms with Gasteiger partial charge in [0.05, 0.1) is 6.04 Å². The zero-order valence-electron chi connectivity index (χ0n) is 9.41. The van der Waals surface area contributed by atoms with Gasteiger partial charge < -0.3 is 5.32 Å². The van der Waals surface area contributed by atoms with Gasteiger partial charge in [-0.3, -0.25) is 0 Å². The van der Waals surface area contributed by atoms with Gasteiger partial charge in [-0.15, -0.1) is 11.3 Å². The van der Waals surface area contributed by atoms with Crippen LogP contribution in [-0.2, 0) is 0 Å². The van der Waals surface area contributed by atoms with Crippen molar-refractivity contribution in [1.29, 1.82) is 0 Å². The number of halogens is 2. The van der Waals surface area contributed by atoms with Crippen molar-refractivity contribution in [3.8, 4) is 0 Å². The lowest BCUT2D eigenvalue weighted by molar-refractivity contribution is 0.561. The number of nitrogens with one attached hydrogen (secondary N) is 1. The summed E-state index contributed by atoms with van der Waals surface area (Å²) < 4.78 is 14.8. The fourth-order valence-corrected chi connectivity index (χ4v) is 3.17. The molecule has 0 aliphatic heterocycles. The molecule has 90 valence electrons. The van der Waals surface area contributed by atoms with Crippen LogP contribution in [0.5, 0.6) is 0 Å². The molecule has 0 saturated carbocycles. The third-order valence-electron chi connectivity index (χ3n) is 2.52. The van der Waals surface area contributed by atoms with Gasteiger partial charge in [-0.25, -0.2) is 4.39 Å². The lowest BCUT2D eigenvalue weighted by atomic mass is 10.0. The van der Waals surface area contributed by atoms with Crippen molar-refractivity contribution in [1.82, 2.24) is 5.32 Å². The summed E-state index contributed by atoms with van der Waals surface area (Å²) in [5, 5.41) is 5.33. The van der Waals surface area contributed by atoms with Gasteiger partial charge >= 0.3 is 0 Å². The minimum atomic E-state index is -0.182. The van der Waals surface area contributed by atoms with E-state index >= 15 is 0 Å². The van der Waals surface area contributed by atoms with Crippen LogP contribution in [0.25, 0.3) is 0 Å². The average Bonchev–Trinajstić information content (AvgIpc) is 2.80. The molecular formula is C13H13BrFNS. The largest absolute Gasteiger partial charge is 0.306 e. The molecular weight excluding hydrogens is 301 g/mol. The Hall–Kier alpha value is -0.710. The van der Waals surface area contributed by atoms with Crippen molar-refractivity contribution < 1.29 is 4.39 Å². The maximum atomic E-state index is 14.0. The van der Waals surface area contributed by atoms with Crippen molar-refractivity contribution in [2.45, 2.75) is 13.0 Å². The molecule has 1 N–H and O–H groups in total. The molecule has 1 atom stereocenters. The van der Waals surface area contributed by atoms with E-state index in [2.05, 4.69) is 21.2 Å². The van der Waals surface area contributed by atoms with E-state index in [4.69, 9.17) is 0 Å². The number of rotatable bonds is 4. The highest BCUT2D eigenvalue weighted by Crippen LogP contribution is 2.32. The molecule has 1 aromatic heterocycles. The van der Waals surface area contributed by atoms with Crippen LogP contribution in [0.3, 0.4) is 0 Å². The van der Waals surface area contributed by atoms with Crippen molar-refractivity contribution in [2.75, 3.05) is 6.54 Å². The van der Waals surface area contributed by atoms with Gasteiger partial charge in [-0.2, -0.15) is 0 Å². The first-order valence-corrected chi connectivity index (χ1v) is 7.12. The van der Waals surface area contributed by atoms with Crippen LogP contribution in [-0.4, -0.2) is 6.54 Å². The van der Waals surface area contributed by atoms with Gasteiger partial charge in [0.15, 0.2) is 0 Å². The van der Waals surface area contributed by atoms with E-state index in [0.717, 1.165) is 15.9 Å². The monoisotopic (exact) mass is 313 g/mol. The molecule has 1 heterocycles. The van der Waals surface area contributed by atoms with Crippen LogP contribution in [0.4, 0.5) is 4.39 Å². The Kier molecular flexibility index (Phi) is 4.31. The molecule has 0 saturated heterocycles. The minimum Gasteiger partial charge on any atom is -0.306 e. The van der Waals surface area contributed by atoms with Crippen LogP contribution < -0.4 is 5.32 Å². The molecule has 1 unspecified atom stereocenters. The zero-order chi connectivity index (χ0) is 12.3. The molecule has 0 aliphatic rings. The summed E-state index contributed by atoms with van der Waals surface area (Å²) in [7, 11) is 0. The summed E-state index contributed by atoms with van der Waals surface area (Å²) in [5.41, 5.74) is 0.678. The molecule has 2 aromatic rings. The molecule has 0 radical (unpaired) electrons. The molecule has 0 aliphatic carbocycles.